The summed E-state index contributed by atoms with van der Waals surface area (Å²) >= 11 is 1.86. The smallest absolute Gasteiger partial charge is 0.136 e. The number of nitrogens with zero attached hydrogens (tertiary/aromatic N) is 1. The lowest BCUT2D eigenvalue weighted by Crippen LogP contribution is -1.92. The van der Waals surface area contributed by atoms with Gasteiger partial charge in [0.25, 0.3) is 0 Å². The lowest BCUT2D eigenvalue weighted by atomic mass is 10.0. The summed E-state index contributed by atoms with van der Waals surface area (Å²) in [7, 11) is 0. The van der Waals surface area contributed by atoms with Gasteiger partial charge in [-0.25, -0.2) is 0 Å². The standard InChI is InChI=1S/C36H21NOS/c1-4-10-31-25(7-1)26-8-2-5-11-32(26)37(31)24-15-17-29-30-19-22(14-18-35(30)39-36(29)21-24)23-13-16-28-27-9-3-6-12-33(27)38-34(28)20-23/h1-21H. The van der Waals surface area contributed by atoms with Crippen molar-refractivity contribution in [3.8, 4) is 16.8 Å². The molecule has 3 aromatic heterocycles. The lowest BCUT2D eigenvalue weighted by molar-refractivity contribution is 0.669. The van der Waals surface area contributed by atoms with Gasteiger partial charge in [-0.2, -0.15) is 0 Å². The van der Waals surface area contributed by atoms with E-state index in [0.29, 0.717) is 0 Å². The minimum absolute atomic E-state index is 0.930. The van der Waals surface area contributed by atoms with E-state index in [4.69, 9.17) is 4.42 Å². The zero-order chi connectivity index (χ0) is 25.5. The molecule has 0 fully saturated rings. The third kappa shape index (κ3) is 3.02. The van der Waals surface area contributed by atoms with Crippen molar-refractivity contribution in [3.63, 3.8) is 0 Å². The van der Waals surface area contributed by atoms with Crippen LogP contribution in [-0.2, 0) is 0 Å². The second-order valence-electron chi connectivity index (χ2n) is 10.2. The molecule has 0 saturated carbocycles. The van der Waals surface area contributed by atoms with Crippen molar-refractivity contribution >= 4 is 75.3 Å². The number of aromatic nitrogens is 1. The van der Waals surface area contributed by atoms with Crippen LogP contribution >= 0.6 is 11.3 Å². The molecule has 0 bridgehead atoms. The van der Waals surface area contributed by atoms with Crippen molar-refractivity contribution in [3.05, 3.63) is 127 Å². The largest absolute Gasteiger partial charge is 0.456 e. The van der Waals surface area contributed by atoms with Gasteiger partial charge in [-0.1, -0.05) is 72.8 Å². The average Bonchev–Trinajstić information content (AvgIpc) is 3.65. The minimum atomic E-state index is 0.930. The topological polar surface area (TPSA) is 18.1 Å². The Labute approximate surface area is 227 Å². The van der Waals surface area contributed by atoms with E-state index in [-0.39, 0.29) is 0 Å². The molecule has 0 aliphatic rings. The summed E-state index contributed by atoms with van der Waals surface area (Å²) in [4.78, 5) is 0. The van der Waals surface area contributed by atoms with Crippen LogP contribution in [0.1, 0.15) is 0 Å². The summed E-state index contributed by atoms with van der Waals surface area (Å²) in [6.07, 6.45) is 0. The highest BCUT2D eigenvalue weighted by atomic mass is 32.1. The highest BCUT2D eigenvalue weighted by molar-refractivity contribution is 7.25. The Hall–Kier alpha value is -4.86. The number of rotatable bonds is 2. The van der Waals surface area contributed by atoms with Crippen molar-refractivity contribution in [2.45, 2.75) is 0 Å². The van der Waals surface area contributed by atoms with Gasteiger partial charge in [0.15, 0.2) is 0 Å². The summed E-state index contributed by atoms with van der Waals surface area (Å²) in [5.41, 5.74) is 7.91. The molecule has 3 heteroatoms. The van der Waals surface area contributed by atoms with Crippen LogP contribution in [0.15, 0.2) is 132 Å². The lowest BCUT2D eigenvalue weighted by Gasteiger charge is -2.08. The monoisotopic (exact) mass is 515 g/mol. The van der Waals surface area contributed by atoms with Crippen molar-refractivity contribution in [1.29, 1.82) is 0 Å². The minimum Gasteiger partial charge on any atom is -0.456 e. The van der Waals surface area contributed by atoms with Crippen LogP contribution in [0.4, 0.5) is 0 Å². The molecule has 3 heterocycles. The van der Waals surface area contributed by atoms with E-state index < -0.39 is 0 Å². The molecule has 39 heavy (non-hydrogen) atoms. The zero-order valence-corrected chi connectivity index (χ0v) is 21.7. The van der Waals surface area contributed by atoms with Crippen molar-refractivity contribution < 1.29 is 4.42 Å². The molecular formula is C36H21NOS. The predicted octanol–water partition coefficient (Wildman–Crippen LogP) is 10.7. The maximum atomic E-state index is 6.17. The summed E-state index contributed by atoms with van der Waals surface area (Å²) < 4.78 is 11.2. The van der Waals surface area contributed by atoms with Gasteiger partial charge in [-0.3, -0.25) is 0 Å². The van der Waals surface area contributed by atoms with Crippen LogP contribution in [0, 0.1) is 0 Å². The molecule has 9 rings (SSSR count). The normalized spacial score (nSPS) is 12.1. The molecule has 0 spiro atoms. The molecule has 0 unspecified atom stereocenters. The van der Waals surface area contributed by atoms with Gasteiger partial charge in [0.2, 0.25) is 0 Å². The number of hydrogen-bond donors (Lipinski definition) is 0. The van der Waals surface area contributed by atoms with Crippen molar-refractivity contribution in [1.82, 2.24) is 4.57 Å². The summed E-state index contributed by atoms with van der Waals surface area (Å²) in [6.45, 7) is 0. The van der Waals surface area contributed by atoms with Crippen LogP contribution in [0.3, 0.4) is 0 Å². The van der Waals surface area contributed by atoms with E-state index in [0.717, 1.165) is 21.9 Å². The zero-order valence-electron chi connectivity index (χ0n) is 20.9. The first-order valence-corrected chi connectivity index (χ1v) is 14.0. The maximum Gasteiger partial charge on any atom is 0.136 e. The summed E-state index contributed by atoms with van der Waals surface area (Å²) in [6, 6.07) is 45.9. The van der Waals surface area contributed by atoms with Crippen LogP contribution in [0.5, 0.6) is 0 Å². The quantitative estimate of drug-likeness (QED) is 0.224. The second kappa shape index (κ2) is 7.83. The molecule has 9 aromatic rings. The number of thiophene rings is 1. The van der Waals surface area contributed by atoms with Gasteiger partial charge < -0.3 is 8.98 Å². The molecule has 6 aromatic carbocycles. The summed E-state index contributed by atoms with van der Waals surface area (Å²) in [5, 5.41) is 7.50. The number of benzene rings is 6. The van der Waals surface area contributed by atoms with E-state index in [2.05, 4.69) is 120 Å². The van der Waals surface area contributed by atoms with Gasteiger partial charge >= 0.3 is 0 Å². The van der Waals surface area contributed by atoms with Crippen LogP contribution in [0.2, 0.25) is 0 Å². The number of para-hydroxylation sites is 3. The van der Waals surface area contributed by atoms with E-state index in [1.54, 1.807) is 0 Å². The average molecular weight is 516 g/mol. The Morgan fingerprint density at radius 1 is 0.436 bits per heavy atom. The van der Waals surface area contributed by atoms with Gasteiger partial charge in [0, 0.05) is 47.4 Å². The van der Waals surface area contributed by atoms with Crippen LogP contribution < -0.4 is 0 Å². The fourth-order valence-corrected chi connectivity index (χ4v) is 7.31. The van der Waals surface area contributed by atoms with Crippen LogP contribution in [0.25, 0.3) is 80.7 Å². The third-order valence-corrected chi connectivity index (χ3v) is 9.14. The maximum absolute atomic E-state index is 6.17. The molecule has 2 nitrogen and oxygen atoms in total. The Morgan fingerprint density at radius 2 is 1.08 bits per heavy atom. The number of furan rings is 1. The van der Waals surface area contributed by atoms with E-state index >= 15 is 0 Å². The van der Waals surface area contributed by atoms with Crippen molar-refractivity contribution in [2.75, 3.05) is 0 Å². The first-order valence-electron chi connectivity index (χ1n) is 13.2. The molecule has 0 amide bonds. The Bertz CT molecular complexity index is 2350. The van der Waals surface area contributed by atoms with E-state index in [1.807, 2.05) is 23.5 Å². The van der Waals surface area contributed by atoms with E-state index in [1.165, 1.54) is 58.8 Å². The molecule has 0 N–H and O–H groups in total. The molecule has 0 radical (unpaired) electrons. The van der Waals surface area contributed by atoms with Gasteiger partial charge in [0.1, 0.15) is 11.2 Å². The SMILES string of the molecule is c1ccc2c(c1)oc1cc(-c3ccc4sc5cc(-n6c7ccccc7c7ccccc76)ccc5c4c3)ccc12. The summed E-state index contributed by atoms with van der Waals surface area (Å²) in [5.74, 6) is 0. The first-order chi connectivity index (χ1) is 19.3. The van der Waals surface area contributed by atoms with E-state index in [9.17, 15) is 0 Å². The van der Waals surface area contributed by atoms with Gasteiger partial charge in [0.05, 0.1) is 11.0 Å². The Morgan fingerprint density at radius 3 is 1.90 bits per heavy atom. The molecule has 0 aliphatic heterocycles. The highest BCUT2D eigenvalue weighted by Gasteiger charge is 2.14. The molecule has 182 valence electrons. The number of hydrogen-bond acceptors (Lipinski definition) is 2. The predicted molar refractivity (Wildman–Crippen MR) is 166 cm³/mol. The van der Waals surface area contributed by atoms with Gasteiger partial charge in [-0.05, 0) is 65.7 Å². The Kier molecular flexibility index (Phi) is 4.24. The van der Waals surface area contributed by atoms with Crippen molar-refractivity contribution in [2.24, 2.45) is 0 Å². The third-order valence-electron chi connectivity index (χ3n) is 8.01. The highest BCUT2D eigenvalue weighted by Crippen LogP contribution is 2.40. The Balaban J connectivity index is 1.21. The molecule has 0 atom stereocenters. The van der Waals surface area contributed by atoms with Gasteiger partial charge in [-0.15, -0.1) is 11.3 Å². The van der Waals surface area contributed by atoms with Crippen LogP contribution in [-0.4, -0.2) is 4.57 Å². The molecule has 0 aliphatic carbocycles. The first kappa shape index (κ1) is 21.1. The second-order valence-corrected chi connectivity index (χ2v) is 11.3. The fourth-order valence-electron chi connectivity index (χ4n) is 6.19. The molecular weight excluding hydrogens is 494 g/mol. The molecule has 0 saturated heterocycles. The fraction of sp³-hybridized carbons (Fsp3) is 0. The number of fused-ring (bicyclic) bond motifs is 9.